The third kappa shape index (κ3) is 2.79. The number of hydrogen-bond acceptors (Lipinski definition) is 3. The first-order valence-electron chi connectivity index (χ1n) is 6.31. The van der Waals surface area contributed by atoms with Gasteiger partial charge >= 0.3 is 12.1 Å². The van der Waals surface area contributed by atoms with Gasteiger partial charge in [0.2, 0.25) is 6.10 Å². The van der Waals surface area contributed by atoms with Gasteiger partial charge in [-0.1, -0.05) is 11.6 Å². The number of hydrogen-bond donors (Lipinski definition) is 1. The first-order chi connectivity index (χ1) is 10.8. The lowest BCUT2D eigenvalue weighted by molar-refractivity contribution is -0.187. The highest BCUT2D eigenvalue weighted by Crippen LogP contribution is 2.43. The van der Waals surface area contributed by atoms with E-state index in [-0.39, 0.29) is 16.3 Å². The van der Waals surface area contributed by atoms with Gasteiger partial charge in [-0.3, -0.25) is 0 Å². The third-order valence-corrected chi connectivity index (χ3v) is 3.58. The Labute approximate surface area is 132 Å². The van der Waals surface area contributed by atoms with E-state index in [9.17, 15) is 18.0 Å². The molecular formula is C15H8ClF3O4. The average Bonchev–Trinajstić information content (AvgIpc) is 2.99. The molecule has 0 saturated heterocycles. The fraction of sp³-hybridized carbons (Fsp3) is 0.133. The van der Waals surface area contributed by atoms with Gasteiger partial charge in [-0.25, -0.2) is 4.79 Å². The summed E-state index contributed by atoms with van der Waals surface area (Å²) < 4.78 is 48.8. The first kappa shape index (κ1) is 15.5. The van der Waals surface area contributed by atoms with E-state index in [4.69, 9.17) is 25.9 Å². The highest BCUT2D eigenvalue weighted by Gasteiger charge is 2.48. The van der Waals surface area contributed by atoms with E-state index in [0.29, 0.717) is 11.1 Å². The van der Waals surface area contributed by atoms with Crippen molar-refractivity contribution >= 4 is 23.6 Å². The number of aliphatic carboxylic acids is 1. The van der Waals surface area contributed by atoms with Crippen LogP contribution in [-0.2, 0) is 4.79 Å². The van der Waals surface area contributed by atoms with Crippen molar-refractivity contribution in [2.75, 3.05) is 0 Å². The quantitative estimate of drug-likeness (QED) is 0.877. The molecule has 1 aromatic carbocycles. The molecule has 23 heavy (non-hydrogen) atoms. The van der Waals surface area contributed by atoms with Gasteiger partial charge in [0.25, 0.3) is 0 Å². The molecule has 0 saturated carbocycles. The van der Waals surface area contributed by atoms with Crippen molar-refractivity contribution in [2.45, 2.75) is 12.3 Å². The van der Waals surface area contributed by atoms with Crippen molar-refractivity contribution < 1.29 is 32.2 Å². The number of carbonyl (C=O) groups is 1. The Balaban J connectivity index is 2.15. The molecule has 0 bridgehead atoms. The summed E-state index contributed by atoms with van der Waals surface area (Å²) in [6, 6.07) is 4.56. The third-order valence-electron chi connectivity index (χ3n) is 3.30. The topological polar surface area (TPSA) is 59.7 Å². The molecule has 0 radical (unpaired) electrons. The normalized spacial score (nSPS) is 17.2. The highest BCUT2D eigenvalue weighted by atomic mass is 35.5. The summed E-state index contributed by atoms with van der Waals surface area (Å²) >= 11 is 6.01. The van der Waals surface area contributed by atoms with Crippen molar-refractivity contribution in [3.63, 3.8) is 0 Å². The molecular weight excluding hydrogens is 337 g/mol. The molecule has 0 fully saturated rings. The zero-order chi connectivity index (χ0) is 16.8. The van der Waals surface area contributed by atoms with Crippen LogP contribution in [0.1, 0.15) is 5.56 Å². The second kappa shape index (κ2) is 5.34. The van der Waals surface area contributed by atoms with Crippen molar-refractivity contribution in [3.05, 3.63) is 46.9 Å². The maximum absolute atomic E-state index is 13.0. The minimum atomic E-state index is -4.87. The van der Waals surface area contributed by atoms with E-state index in [0.717, 1.165) is 6.08 Å². The van der Waals surface area contributed by atoms with E-state index in [1.54, 1.807) is 6.07 Å². The molecule has 8 heteroatoms. The Morgan fingerprint density at radius 1 is 1.26 bits per heavy atom. The van der Waals surface area contributed by atoms with E-state index >= 15 is 0 Å². The van der Waals surface area contributed by atoms with Crippen molar-refractivity contribution in [1.29, 1.82) is 0 Å². The van der Waals surface area contributed by atoms with E-state index in [1.165, 1.54) is 24.7 Å². The lowest BCUT2D eigenvalue weighted by atomic mass is 9.98. The fourth-order valence-corrected chi connectivity index (χ4v) is 2.55. The molecule has 120 valence electrons. The number of rotatable bonds is 2. The lowest BCUT2D eigenvalue weighted by Gasteiger charge is -2.27. The molecule has 1 aliphatic heterocycles. The summed E-state index contributed by atoms with van der Waals surface area (Å²) in [4.78, 5) is 11.1. The second-order valence-corrected chi connectivity index (χ2v) is 5.24. The summed E-state index contributed by atoms with van der Waals surface area (Å²) in [5, 5.41) is 8.98. The monoisotopic (exact) mass is 344 g/mol. The van der Waals surface area contributed by atoms with E-state index in [2.05, 4.69) is 0 Å². The molecule has 0 aliphatic carbocycles. The van der Waals surface area contributed by atoms with Gasteiger partial charge in [0, 0.05) is 11.1 Å². The first-order valence-corrected chi connectivity index (χ1v) is 6.69. The van der Waals surface area contributed by atoms with Crippen molar-refractivity contribution in [3.8, 4) is 16.9 Å². The van der Waals surface area contributed by atoms with Gasteiger partial charge < -0.3 is 14.3 Å². The van der Waals surface area contributed by atoms with Crippen LogP contribution in [0.3, 0.4) is 0 Å². The van der Waals surface area contributed by atoms with E-state index < -0.39 is 23.8 Å². The lowest BCUT2D eigenvalue weighted by Crippen LogP contribution is -2.40. The molecule has 0 spiro atoms. The van der Waals surface area contributed by atoms with Crippen LogP contribution in [0.5, 0.6) is 5.75 Å². The summed E-state index contributed by atoms with van der Waals surface area (Å²) in [6.45, 7) is 0. The zero-order valence-electron chi connectivity index (χ0n) is 11.2. The molecule has 1 N–H and O–H groups in total. The van der Waals surface area contributed by atoms with Crippen molar-refractivity contribution in [1.82, 2.24) is 0 Å². The minimum Gasteiger partial charge on any atom is -0.478 e. The number of alkyl halides is 3. The summed E-state index contributed by atoms with van der Waals surface area (Å²) in [5.74, 6) is -1.91. The van der Waals surface area contributed by atoms with Gasteiger partial charge in [0.1, 0.15) is 5.75 Å². The number of fused-ring (bicyclic) bond motifs is 1. The number of carboxylic acids is 1. The summed E-state index contributed by atoms with van der Waals surface area (Å²) in [5.41, 5.74) is 0.479. The van der Waals surface area contributed by atoms with Crippen LogP contribution in [0.15, 0.2) is 40.7 Å². The number of ether oxygens (including phenoxy) is 1. The molecule has 2 aromatic rings. The van der Waals surface area contributed by atoms with Gasteiger partial charge in [-0.05, 0) is 29.8 Å². The number of carboxylic acid groups (broad SMARTS) is 1. The van der Waals surface area contributed by atoms with E-state index in [1.807, 2.05) is 0 Å². The Hall–Kier alpha value is -2.41. The Morgan fingerprint density at radius 2 is 2.00 bits per heavy atom. The minimum absolute atomic E-state index is 0.0476. The molecule has 1 atom stereocenters. The largest absolute Gasteiger partial charge is 0.478 e. The molecule has 1 unspecified atom stereocenters. The van der Waals surface area contributed by atoms with Crippen LogP contribution in [0.4, 0.5) is 13.2 Å². The number of benzene rings is 1. The summed E-state index contributed by atoms with van der Waals surface area (Å²) in [7, 11) is 0. The Morgan fingerprint density at radius 3 is 2.57 bits per heavy atom. The van der Waals surface area contributed by atoms with Gasteiger partial charge in [-0.2, -0.15) is 13.2 Å². The van der Waals surface area contributed by atoms with Gasteiger partial charge in [0.05, 0.1) is 23.1 Å². The maximum atomic E-state index is 13.0. The predicted octanol–water partition coefficient (Wildman–Crippen LogP) is 4.39. The van der Waals surface area contributed by atoms with Crippen LogP contribution >= 0.6 is 11.6 Å². The molecule has 1 aromatic heterocycles. The van der Waals surface area contributed by atoms with Crippen LogP contribution in [-0.4, -0.2) is 23.4 Å². The second-order valence-electron chi connectivity index (χ2n) is 4.83. The van der Waals surface area contributed by atoms with Gasteiger partial charge in [0.15, 0.2) is 0 Å². The Kier molecular flexibility index (Phi) is 3.60. The van der Waals surface area contributed by atoms with Crippen LogP contribution in [0, 0.1) is 0 Å². The van der Waals surface area contributed by atoms with Crippen LogP contribution < -0.4 is 4.74 Å². The highest BCUT2D eigenvalue weighted by molar-refractivity contribution is 6.32. The molecule has 3 rings (SSSR count). The molecule has 0 amide bonds. The predicted molar refractivity (Wildman–Crippen MR) is 75.2 cm³/mol. The SMILES string of the molecule is O=C(O)C1=Cc2cc(-c3ccoc3)cc(Cl)c2OC1C(F)(F)F. The fourth-order valence-electron chi connectivity index (χ4n) is 2.28. The van der Waals surface area contributed by atoms with Crippen LogP contribution in [0.2, 0.25) is 5.02 Å². The smallest absolute Gasteiger partial charge is 0.430 e. The molecule has 2 heterocycles. The summed E-state index contributed by atoms with van der Waals surface area (Å²) in [6.07, 6.45) is -3.65. The van der Waals surface area contributed by atoms with Crippen molar-refractivity contribution in [2.24, 2.45) is 0 Å². The average molecular weight is 345 g/mol. The van der Waals surface area contributed by atoms with Gasteiger partial charge in [-0.15, -0.1) is 0 Å². The zero-order valence-corrected chi connectivity index (χ0v) is 12.0. The van der Waals surface area contributed by atoms with Crippen LogP contribution in [0.25, 0.3) is 17.2 Å². The Bertz CT molecular complexity index is 794. The standard InChI is InChI=1S/C15H8ClF3O4/c16-11-5-8(7-1-2-22-6-7)3-9-4-10(14(20)21)13(15(17,18)19)23-12(9)11/h1-6,13H,(H,20,21). The molecule has 1 aliphatic rings. The molecule has 4 nitrogen and oxygen atoms in total. The number of furan rings is 1. The maximum Gasteiger partial charge on any atom is 0.430 e. The number of halogens is 4.